The van der Waals surface area contributed by atoms with Gasteiger partial charge in [0.25, 0.3) is 11.8 Å². The Morgan fingerprint density at radius 3 is 2.59 bits per heavy atom. The lowest BCUT2D eigenvalue weighted by Crippen LogP contribution is -2.44. The smallest absolute Gasteiger partial charge is 0.266 e. The molecular weight excluding hydrogens is 412 g/mol. The van der Waals surface area contributed by atoms with E-state index in [9.17, 15) is 24.3 Å². The quantitative estimate of drug-likeness (QED) is 0.392. The minimum Gasteiger partial charge on any atom is -0.550 e. The SMILES string of the molecule is O=C([O-])CCN1C(=O)C[C@H](N2C(=O)/C(=C/c3ccc(Cl)cc3)SC2=S)C1=O. The fourth-order valence-corrected chi connectivity index (χ4v) is 4.25. The minimum atomic E-state index is -1.37. The van der Waals surface area contributed by atoms with E-state index in [-0.39, 0.29) is 17.3 Å². The van der Waals surface area contributed by atoms with Crippen LogP contribution in [-0.2, 0) is 19.2 Å². The number of benzene rings is 1. The fourth-order valence-electron chi connectivity index (χ4n) is 2.76. The summed E-state index contributed by atoms with van der Waals surface area (Å²) < 4.78 is 0.174. The molecule has 10 heteroatoms. The van der Waals surface area contributed by atoms with E-state index in [1.807, 2.05) is 0 Å². The van der Waals surface area contributed by atoms with Crippen LogP contribution in [0.4, 0.5) is 0 Å². The molecule has 0 spiro atoms. The Hall–Kier alpha value is -2.23. The number of likely N-dealkylation sites (tertiary alicyclic amines) is 1. The predicted octanol–water partition coefficient (Wildman–Crippen LogP) is 0.809. The Balaban J connectivity index is 1.79. The number of rotatable bonds is 5. The van der Waals surface area contributed by atoms with Gasteiger partial charge in [-0.25, -0.2) is 0 Å². The summed E-state index contributed by atoms with van der Waals surface area (Å²) in [6, 6.07) is 5.79. The van der Waals surface area contributed by atoms with Crippen molar-refractivity contribution in [1.82, 2.24) is 9.80 Å². The first-order valence-corrected chi connectivity index (χ1v) is 9.45. The van der Waals surface area contributed by atoms with Crippen LogP contribution in [0.1, 0.15) is 18.4 Å². The molecule has 0 N–H and O–H groups in total. The lowest BCUT2D eigenvalue weighted by atomic mass is 10.2. The van der Waals surface area contributed by atoms with Crippen molar-refractivity contribution >= 4 is 69.7 Å². The van der Waals surface area contributed by atoms with Crippen LogP contribution in [0.25, 0.3) is 6.08 Å². The van der Waals surface area contributed by atoms with Gasteiger partial charge in [0, 0.05) is 24.0 Å². The molecule has 0 unspecified atom stereocenters. The third-order valence-electron chi connectivity index (χ3n) is 4.06. The molecule has 7 nitrogen and oxygen atoms in total. The van der Waals surface area contributed by atoms with Crippen molar-refractivity contribution in [2.45, 2.75) is 18.9 Å². The molecule has 2 fully saturated rings. The number of carboxylic acids is 1. The molecule has 1 aromatic carbocycles. The first kappa shape index (κ1) is 19.5. The molecule has 0 aliphatic carbocycles. The third kappa shape index (κ3) is 4.05. The van der Waals surface area contributed by atoms with Gasteiger partial charge in [-0.15, -0.1) is 0 Å². The van der Waals surface area contributed by atoms with Gasteiger partial charge in [-0.1, -0.05) is 47.7 Å². The lowest BCUT2D eigenvalue weighted by Gasteiger charge is -2.21. The number of thioether (sulfide) groups is 1. The second kappa shape index (κ2) is 7.79. The van der Waals surface area contributed by atoms with Gasteiger partial charge in [-0.05, 0) is 23.8 Å². The van der Waals surface area contributed by atoms with Gasteiger partial charge < -0.3 is 9.90 Å². The standard InChI is InChI=1S/C17H13ClN2O5S2/c18-10-3-1-9(2-4-10)7-12-16(25)20(17(26)27-12)11-8-13(21)19(15(11)24)6-5-14(22)23/h1-4,7,11H,5-6,8H2,(H,22,23)/p-1/b12-7-/t11-/m0/s1. The van der Waals surface area contributed by atoms with Crippen LogP contribution in [-0.4, -0.2) is 50.4 Å². The Morgan fingerprint density at radius 1 is 1.30 bits per heavy atom. The van der Waals surface area contributed by atoms with Crippen molar-refractivity contribution in [3.05, 3.63) is 39.8 Å². The van der Waals surface area contributed by atoms with Crippen molar-refractivity contribution in [3.63, 3.8) is 0 Å². The number of aliphatic carboxylic acids is 1. The third-order valence-corrected chi connectivity index (χ3v) is 5.65. The van der Waals surface area contributed by atoms with Crippen LogP contribution >= 0.6 is 35.6 Å². The first-order chi connectivity index (χ1) is 12.8. The van der Waals surface area contributed by atoms with Crippen molar-refractivity contribution in [1.29, 1.82) is 0 Å². The van der Waals surface area contributed by atoms with Gasteiger partial charge in [0.2, 0.25) is 5.91 Å². The van der Waals surface area contributed by atoms with Gasteiger partial charge in [-0.2, -0.15) is 0 Å². The number of thiocarbonyl (C=S) groups is 1. The van der Waals surface area contributed by atoms with Crippen LogP contribution < -0.4 is 5.11 Å². The molecule has 27 heavy (non-hydrogen) atoms. The number of carboxylic acid groups (broad SMARTS) is 1. The predicted molar refractivity (Wildman–Crippen MR) is 101 cm³/mol. The zero-order valence-electron chi connectivity index (χ0n) is 13.7. The number of carbonyl (C=O) groups is 4. The summed E-state index contributed by atoms with van der Waals surface area (Å²) >= 11 is 12.1. The molecule has 0 bridgehead atoms. The summed E-state index contributed by atoms with van der Waals surface area (Å²) in [5.74, 6) is -3.00. The largest absolute Gasteiger partial charge is 0.550 e. The molecular formula is C17H12ClN2O5S2-. The maximum Gasteiger partial charge on any atom is 0.266 e. The number of nitrogens with zero attached hydrogens (tertiary/aromatic N) is 2. The van der Waals surface area contributed by atoms with Crippen LogP contribution in [0, 0.1) is 0 Å². The molecule has 2 aliphatic heterocycles. The number of hydrogen-bond donors (Lipinski definition) is 0. The van der Waals surface area contributed by atoms with Gasteiger partial charge in [0.05, 0.1) is 11.3 Å². The normalized spacial score (nSPS) is 21.7. The van der Waals surface area contributed by atoms with E-state index in [2.05, 4.69) is 0 Å². The summed E-state index contributed by atoms with van der Waals surface area (Å²) in [5.41, 5.74) is 0.740. The summed E-state index contributed by atoms with van der Waals surface area (Å²) in [5, 5.41) is 11.1. The molecule has 0 aromatic heterocycles. The maximum absolute atomic E-state index is 12.7. The lowest BCUT2D eigenvalue weighted by molar-refractivity contribution is -0.305. The highest BCUT2D eigenvalue weighted by molar-refractivity contribution is 8.26. The molecule has 2 heterocycles. The fraction of sp³-hybridized carbons (Fsp3) is 0.235. The van der Waals surface area contributed by atoms with Gasteiger partial charge in [0.1, 0.15) is 10.4 Å². The molecule has 2 saturated heterocycles. The van der Waals surface area contributed by atoms with Crippen LogP contribution in [0.15, 0.2) is 29.2 Å². The second-order valence-electron chi connectivity index (χ2n) is 5.83. The van der Waals surface area contributed by atoms with Gasteiger partial charge in [0.15, 0.2) is 0 Å². The number of imide groups is 1. The number of hydrogen-bond acceptors (Lipinski definition) is 7. The number of carbonyl (C=O) groups excluding carboxylic acids is 4. The molecule has 1 aromatic rings. The summed E-state index contributed by atoms with van der Waals surface area (Å²) in [4.78, 5) is 50.2. The minimum absolute atomic E-state index is 0.174. The molecule has 140 valence electrons. The van der Waals surface area contributed by atoms with E-state index in [0.717, 1.165) is 27.1 Å². The molecule has 1 atom stereocenters. The Labute approximate surface area is 168 Å². The Kier molecular flexibility index (Phi) is 5.64. The van der Waals surface area contributed by atoms with Gasteiger partial charge >= 0.3 is 0 Å². The Morgan fingerprint density at radius 2 is 1.96 bits per heavy atom. The topological polar surface area (TPSA) is 97.8 Å². The maximum atomic E-state index is 12.7. The second-order valence-corrected chi connectivity index (χ2v) is 7.94. The molecule has 0 saturated carbocycles. The van der Waals surface area contributed by atoms with Crippen molar-refractivity contribution < 1.29 is 24.3 Å². The molecule has 0 radical (unpaired) electrons. The molecule has 3 rings (SSSR count). The van der Waals surface area contributed by atoms with Crippen LogP contribution in [0.3, 0.4) is 0 Å². The highest BCUT2D eigenvalue weighted by atomic mass is 35.5. The monoisotopic (exact) mass is 423 g/mol. The zero-order chi connectivity index (χ0) is 19.7. The zero-order valence-corrected chi connectivity index (χ0v) is 16.1. The van der Waals surface area contributed by atoms with Crippen LogP contribution in [0.2, 0.25) is 5.02 Å². The number of amides is 3. The summed E-state index contributed by atoms with van der Waals surface area (Å²) in [6.45, 7) is -0.286. The highest BCUT2D eigenvalue weighted by Crippen LogP contribution is 2.36. The van der Waals surface area contributed by atoms with E-state index in [0.29, 0.717) is 9.93 Å². The highest BCUT2D eigenvalue weighted by Gasteiger charge is 2.48. The van der Waals surface area contributed by atoms with Crippen molar-refractivity contribution in [2.24, 2.45) is 0 Å². The van der Waals surface area contributed by atoms with E-state index in [4.69, 9.17) is 23.8 Å². The van der Waals surface area contributed by atoms with E-state index < -0.39 is 36.2 Å². The van der Waals surface area contributed by atoms with Gasteiger partial charge in [-0.3, -0.25) is 24.2 Å². The van der Waals surface area contributed by atoms with E-state index in [1.165, 1.54) is 0 Å². The average Bonchev–Trinajstić information content (AvgIpc) is 3.03. The summed E-state index contributed by atoms with van der Waals surface area (Å²) in [6.07, 6.45) is 0.941. The molecule has 3 amide bonds. The number of halogens is 1. The van der Waals surface area contributed by atoms with E-state index >= 15 is 0 Å². The Bertz CT molecular complexity index is 884. The molecule has 2 aliphatic rings. The summed E-state index contributed by atoms with van der Waals surface area (Å²) in [7, 11) is 0. The first-order valence-electron chi connectivity index (χ1n) is 7.84. The van der Waals surface area contributed by atoms with Crippen molar-refractivity contribution in [2.75, 3.05) is 6.54 Å². The average molecular weight is 424 g/mol. The van der Waals surface area contributed by atoms with E-state index in [1.54, 1.807) is 30.3 Å². The van der Waals surface area contributed by atoms with Crippen molar-refractivity contribution in [3.8, 4) is 0 Å². The van der Waals surface area contributed by atoms with Crippen LogP contribution in [0.5, 0.6) is 0 Å².